The Labute approximate surface area is 208 Å². The van der Waals surface area contributed by atoms with E-state index in [-0.39, 0.29) is 23.0 Å². The Balaban J connectivity index is 1.67. The third-order valence-corrected chi connectivity index (χ3v) is 5.58. The van der Waals surface area contributed by atoms with E-state index in [1.165, 1.54) is 24.4 Å². The van der Waals surface area contributed by atoms with Gasteiger partial charge in [-0.3, -0.25) is 4.98 Å². The summed E-state index contributed by atoms with van der Waals surface area (Å²) in [5.74, 6) is 0.671. The molecule has 188 valence electrons. The average molecular weight is 509 g/mol. The Hall–Kier alpha value is -4.61. The number of hydrogen-bond donors (Lipinski definition) is 1. The van der Waals surface area contributed by atoms with Gasteiger partial charge < -0.3 is 14.6 Å². The fraction of sp³-hybridized carbons (Fsp3) is 0.160. The molecule has 5 rings (SSSR count). The Morgan fingerprint density at radius 3 is 2.46 bits per heavy atom. The normalized spacial score (nSPS) is 11.6. The van der Waals surface area contributed by atoms with Gasteiger partial charge in [-0.15, -0.1) is 0 Å². The van der Waals surface area contributed by atoms with Gasteiger partial charge in [0.25, 0.3) is 0 Å². The van der Waals surface area contributed by atoms with Crippen LogP contribution in [0.25, 0.3) is 22.7 Å². The average Bonchev–Trinajstić information content (AvgIpc) is 3.20. The van der Waals surface area contributed by atoms with Crippen LogP contribution in [0.2, 0.25) is 0 Å². The van der Waals surface area contributed by atoms with Crippen LogP contribution in [0.3, 0.4) is 0 Å². The minimum Gasteiger partial charge on any atom is -0.497 e. The molecule has 4 heterocycles. The lowest BCUT2D eigenvalue weighted by molar-refractivity contribution is -0.141. The van der Waals surface area contributed by atoms with Crippen molar-refractivity contribution in [3.8, 4) is 17.3 Å². The molecular weight excluding hydrogens is 490 g/mol. The van der Waals surface area contributed by atoms with Crippen molar-refractivity contribution in [3.05, 3.63) is 83.8 Å². The largest absolute Gasteiger partial charge is 0.497 e. The van der Waals surface area contributed by atoms with Crippen molar-refractivity contribution in [3.63, 3.8) is 0 Å². The number of methoxy groups -OCH3 is 1. The Kier molecular flexibility index (Phi) is 6.15. The van der Waals surface area contributed by atoms with E-state index in [4.69, 9.17) is 4.74 Å². The van der Waals surface area contributed by atoms with Gasteiger partial charge in [-0.1, -0.05) is 18.2 Å². The summed E-state index contributed by atoms with van der Waals surface area (Å²) >= 11 is 0. The highest BCUT2D eigenvalue weighted by Crippen LogP contribution is 2.31. The molecule has 0 saturated carbocycles. The molecular formula is C25H19F4N7O. The van der Waals surface area contributed by atoms with Gasteiger partial charge in [-0.2, -0.15) is 13.2 Å². The molecule has 37 heavy (non-hydrogen) atoms. The van der Waals surface area contributed by atoms with Crippen LogP contribution in [0.5, 0.6) is 5.75 Å². The van der Waals surface area contributed by atoms with Crippen LogP contribution in [0.1, 0.15) is 17.1 Å². The summed E-state index contributed by atoms with van der Waals surface area (Å²) in [4.78, 5) is 20.9. The van der Waals surface area contributed by atoms with Gasteiger partial charge in [0.05, 0.1) is 25.5 Å². The van der Waals surface area contributed by atoms with Gasteiger partial charge in [-0.05, 0) is 42.8 Å². The number of alkyl halides is 3. The number of nitrogens with one attached hydrogen (secondary N) is 1. The lowest BCUT2D eigenvalue weighted by atomic mass is 10.2. The maximum Gasteiger partial charge on any atom is 0.433 e. The maximum absolute atomic E-state index is 14.4. The molecule has 0 bridgehead atoms. The highest BCUT2D eigenvalue weighted by atomic mass is 19.4. The molecule has 0 aliphatic heterocycles. The van der Waals surface area contributed by atoms with Crippen LogP contribution >= 0.6 is 0 Å². The standard InChI is InChI=1S/C25H19F4N7O/c1-14-31-21-23(33-18-10-11-30-12-17(18)26)34-22(19-4-3-5-20(32-19)25(27,28)29)35-24(21)36(14)13-15-6-8-16(37-2)9-7-15/h3-12H,13H2,1-2H3,(H,30,33,34,35). The lowest BCUT2D eigenvalue weighted by Crippen LogP contribution is -2.09. The Bertz CT molecular complexity index is 1580. The van der Waals surface area contributed by atoms with E-state index >= 15 is 0 Å². The van der Waals surface area contributed by atoms with Gasteiger partial charge in [-0.25, -0.2) is 24.3 Å². The number of nitrogens with zero attached hydrogens (tertiary/aromatic N) is 6. The van der Waals surface area contributed by atoms with Crippen LogP contribution < -0.4 is 10.1 Å². The molecule has 0 fully saturated rings. The van der Waals surface area contributed by atoms with Gasteiger partial charge in [0, 0.05) is 6.20 Å². The van der Waals surface area contributed by atoms with E-state index in [0.717, 1.165) is 17.8 Å². The zero-order valence-corrected chi connectivity index (χ0v) is 19.6. The van der Waals surface area contributed by atoms with Gasteiger partial charge in [0.1, 0.15) is 23.0 Å². The summed E-state index contributed by atoms with van der Waals surface area (Å²) in [6, 6.07) is 12.3. The van der Waals surface area contributed by atoms with Crippen LogP contribution in [0, 0.1) is 12.7 Å². The number of pyridine rings is 2. The molecule has 1 N–H and O–H groups in total. The molecule has 0 atom stereocenters. The molecule has 0 amide bonds. The van der Waals surface area contributed by atoms with Crippen molar-refractivity contribution in [2.45, 2.75) is 19.6 Å². The first-order valence-electron chi connectivity index (χ1n) is 11.0. The molecule has 0 aliphatic carbocycles. The monoisotopic (exact) mass is 509 g/mol. The number of aromatic nitrogens is 6. The highest BCUT2D eigenvalue weighted by Gasteiger charge is 2.33. The van der Waals surface area contributed by atoms with Crippen LogP contribution in [0.15, 0.2) is 60.9 Å². The van der Waals surface area contributed by atoms with Crippen LogP contribution in [-0.4, -0.2) is 36.6 Å². The van der Waals surface area contributed by atoms with E-state index in [9.17, 15) is 17.6 Å². The van der Waals surface area contributed by atoms with Crippen molar-refractivity contribution in [1.29, 1.82) is 0 Å². The third kappa shape index (κ3) is 4.90. The minimum atomic E-state index is -4.64. The van der Waals surface area contributed by atoms with Crippen molar-refractivity contribution in [2.75, 3.05) is 12.4 Å². The van der Waals surface area contributed by atoms with Gasteiger partial charge in [0.15, 0.2) is 28.6 Å². The van der Waals surface area contributed by atoms with E-state index in [2.05, 4.69) is 30.2 Å². The Morgan fingerprint density at radius 1 is 0.973 bits per heavy atom. The second kappa shape index (κ2) is 9.45. The second-order valence-electron chi connectivity index (χ2n) is 8.05. The zero-order valence-electron chi connectivity index (χ0n) is 19.6. The predicted molar refractivity (Wildman–Crippen MR) is 128 cm³/mol. The summed E-state index contributed by atoms with van der Waals surface area (Å²) in [5.41, 5.74) is 0.471. The maximum atomic E-state index is 14.4. The third-order valence-electron chi connectivity index (χ3n) is 5.58. The number of benzene rings is 1. The smallest absolute Gasteiger partial charge is 0.433 e. The second-order valence-corrected chi connectivity index (χ2v) is 8.05. The first kappa shape index (κ1) is 24.1. The van der Waals surface area contributed by atoms with E-state index in [0.29, 0.717) is 29.3 Å². The fourth-order valence-electron chi connectivity index (χ4n) is 3.74. The number of fused-ring (bicyclic) bond motifs is 1. The summed E-state index contributed by atoms with van der Waals surface area (Å²) < 4.78 is 61.4. The molecule has 5 aromatic rings. The van der Waals surface area contributed by atoms with Gasteiger partial charge >= 0.3 is 6.18 Å². The zero-order chi connectivity index (χ0) is 26.2. The minimum absolute atomic E-state index is 0.0697. The van der Waals surface area contributed by atoms with Crippen LogP contribution in [0.4, 0.5) is 29.1 Å². The highest BCUT2D eigenvalue weighted by molar-refractivity contribution is 5.87. The van der Waals surface area contributed by atoms with Crippen molar-refractivity contribution < 1.29 is 22.3 Å². The summed E-state index contributed by atoms with van der Waals surface area (Å²) in [6.45, 7) is 2.13. The number of anilines is 2. The van der Waals surface area contributed by atoms with E-state index in [1.54, 1.807) is 18.6 Å². The van der Waals surface area contributed by atoms with E-state index in [1.807, 2.05) is 24.3 Å². The molecule has 8 nitrogen and oxygen atoms in total. The van der Waals surface area contributed by atoms with Crippen molar-refractivity contribution in [1.82, 2.24) is 29.5 Å². The number of rotatable bonds is 6. The molecule has 0 spiro atoms. The first-order valence-corrected chi connectivity index (χ1v) is 11.0. The van der Waals surface area contributed by atoms with E-state index < -0.39 is 17.7 Å². The van der Waals surface area contributed by atoms with Crippen LogP contribution in [-0.2, 0) is 12.7 Å². The number of ether oxygens (including phenoxy) is 1. The van der Waals surface area contributed by atoms with Crippen molar-refractivity contribution >= 4 is 22.7 Å². The molecule has 0 aliphatic rings. The fourth-order valence-corrected chi connectivity index (χ4v) is 3.74. The molecule has 0 radical (unpaired) electrons. The molecule has 4 aromatic heterocycles. The number of aryl methyl sites for hydroxylation is 1. The molecule has 0 saturated heterocycles. The number of halogens is 4. The molecule has 1 aromatic carbocycles. The Morgan fingerprint density at radius 2 is 1.76 bits per heavy atom. The topological polar surface area (TPSA) is 90.6 Å². The lowest BCUT2D eigenvalue weighted by Gasteiger charge is -2.12. The first-order chi connectivity index (χ1) is 17.7. The number of imidazole rings is 1. The quantitative estimate of drug-likeness (QED) is 0.300. The van der Waals surface area contributed by atoms with Gasteiger partial charge in [0.2, 0.25) is 0 Å². The van der Waals surface area contributed by atoms with Crippen molar-refractivity contribution in [2.24, 2.45) is 0 Å². The summed E-state index contributed by atoms with van der Waals surface area (Å²) in [6.07, 6.45) is -2.22. The molecule has 0 unspecified atom stereocenters. The summed E-state index contributed by atoms with van der Waals surface area (Å²) in [5, 5.41) is 2.88. The summed E-state index contributed by atoms with van der Waals surface area (Å²) in [7, 11) is 1.57. The molecule has 12 heteroatoms. The SMILES string of the molecule is COc1ccc(Cn2c(C)nc3c(Nc4ccncc4F)nc(-c4cccc(C(F)(F)F)n4)nc32)cc1. The number of hydrogen-bond acceptors (Lipinski definition) is 7. The predicted octanol–water partition coefficient (Wildman–Crippen LogP) is 5.55.